The summed E-state index contributed by atoms with van der Waals surface area (Å²) in [5, 5.41) is 21.4. The Morgan fingerprint density at radius 3 is 2.83 bits per heavy atom. The number of carboxylic acids is 1. The van der Waals surface area contributed by atoms with E-state index < -0.39 is 12.0 Å². The van der Waals surface area contributed by atoms with Gasteiger partial charge in [0.15, 0.2) is 0 Å². The third-order valence-corrected chi connectivity index (χ3v) is 2.88. The summed E-state index contributed by atoms with van der Waals surface area (Å²) in [4.78, 5) is 24.6. The van der Waals surface area contributed by atoms with E-state index in [-0.39, 0.29) is 18.2 Å². The lowest BCUT2D eigenvalue weighted by Gasteiger charge is -2.33. The van der Waals surface area contributed by atoms with Gasteiger partial charge in [0.05, 0.1) is 0 Å². The maximum atomic E-state index is 12.2. The van der Waals surface area contributed by atoms with Crippen molar-refractivity contribution in [3.05, 3.63) is 29.8 Å². The zero-order valence-electron chi connectivity index (χ0n) is 9.67. The first-order valence-corrected chi connectivity index (χ1v) is 5.63. The van der Waals surface area contributed by atoms with Crippen LogP contribution in [-0.4, -0.2) is 52.7 Å². The summed E-state index contributed by atoms with van der Waals surface area (Å²) < 4.78 is 0. The topological polar surface area (TPSA) is 89.9 Å². The van der Waals surface area contributed by atoms with Gasteiger partial charge in [0.25, 0.3) is 5.91 Å². The predicted octanol–water partition coefficient (Wildman–Crippen LogP) is -0.109. The number of hydrogen-bond donors (Lipinski definition) is 3. The molecule has 0 saturated carbocycles. The van der Waals surface area contributed by atoms with Gasteiger partial charge in [0.2, 0.25) is 0 Å². The second-order valence-electron chi connectivity index (χ2n) is 4.11. The number of amides is 1. The van der Waals surface area contributed by atoms with Crippen molar-refractivity contribution in [3.8, 4) is 5.75 Å². The zero-order chi connectivity index (χ0) is 13.1. The van der Waals surface area contributed by atoms with Crippen molar-refractivity contribution in [3.63, 3.8) is 0 Å². The van der Waals surface area contributed by atoms with Crippen molar-refractivity contribution >= 4 is 11.9 Å². The Morgan fingerprint density at radius 1 is 1.39 bits per heavy atom. The van der Waals surface area contributed by atoms with Crippen molar-refractivity contribution in [1.29, 1.82) is 0 Å². The van der Waals surface area contributed by atoms with Crippen LogP contribution in [0.5, 0.6) is 5.75 Å². The number of phenols is 1. The SMILES string of the molecule is O=C(O)C1CNCCN1C(=O)c1cccc(O)c1. The van der Waals surface area contributed by atoms with E-state index in [0.717, 1.165) is 0 Å². The van der Waals surface area contributed by atoms with Crippen molar-refractivity contribution in [2.24, 2.45) is 0 Å². The van der Waals surface area contributed by atoms with Gasteiger partial charge in [-0.05, 0) is 18.2 Å². The fourth-order valence-electron chi connectivity index (χ4n) is 1.97. The summed E-state index contributed by atoms with van der Waals surface area (Å²) >= 11 is 0. The molecule has 1 unspecified atom stereocenters. The van der Waals surface area contributed by atoms with Crippen LogP contribution in [-0.2, 0) is 4.79 Å². The van der Waals surface area contributed by atoms with Gasteiger partial charge in [-0.2, -0.15) is 0 Å². The molecule has 1 aromatic carbocycles. The molecule has 0 aliphatic carbocycles. The minimum atomic E-state index is -1.03. The van der Waals surface area contributed by atoms with Crippen molar-refractivity contribution < 1.29 is 19.8 Å². The van der Waals surface area contributed by atoms with Crippen LogP contribution < -0.4 is 5.32 Å². The number of nitrogens with zero attached hydrogens (tertiary/aromatic N) is 1. The number of nitrogens with one attached hydrogen (secondary N) is 1. The lowest BCUT2D eigenvalue weighted by atomic mass is 10.1. The molecule has 6 heteroatoms. The molecule has 1 atom stereocenters. The molecule has 1 heterocycles. The summed E-state index contributed by atoms with van der Waals surface area (Å²) in [6.07, 6.45) is 0. The van der Waals surface area contributed by atoms with Crippen molar-refractivity contribution in [2.75, 3.05) is 19.6 Å². The first-order chi connectivity index (χ1) is 8.59. The summed E-state index contributed by atoms with van der Waals surface area (Å²) in [7, 11) is 0. The second-order valence-corrected chi connectivity index (χ2v) is 4.11. The molecule has 1 aromatic rings. The molecule has 2 rings (SSSR count). The summed E-state index contributed by atoms with van der Waals surface area (Å²) in [5.74, 6) is -1.42. The number of carboxylic acid groups (broad SMARTS) is 1. The predicted molar refractivity (Wildman–Crippen MR) is 63.4 cm³/mol. The monoisotopic (exact) mass is 250 g/mol. The number of carbonyl (C=O) groups is 2. The highest BCUT2D eigenvalue weighted by molar-refractivity contribution is 5.97. The number of benzene rings is 1. The van der Waals surface area contributed by atoms with Gasteiger partial charge < -0.3 is 20.4 Å². The number of rotatable bonds is 2. The van der Waals surface area contributed by atoms with Crippen molar-refractivity contribution in [2.45, 2.75) is 6.04 Å². The molecule has 1 saturated heterocycles. The molecule has 0 radical (unpaired) electrons. The number of piperazine rings is 1. The Morgan fingerprint density at radius 2 is 2.17 bits per heavy atom. The normalized spacial score (nSPS) is 19.6. The fraction of sp³-hybridized carbons (Fsp3) is 0.333. The number of hydrogen-bond acceptors (Lipinski definition) is 4. The first kappa shape index (κ1) is 12.4. The van der Waals surface area contributed by atoms with Crippen LogP contribution in [0.2, 0.25) is 0 Å². The van der Waals surface area contributed by atoms with Crippen LogP contribution >= 0.6 is 0 Å². The third-order valence-electron chi connectivity index (χ3n) is 2.88. The van der Waals surface area contributed by atoms with Crippen LogP contribution in [0.4, 0.5) is 0 Å². The lowest BCUT2D eigenvalue weighted by Crippen LogP contribution is -2.56. The molecule has 1 fully saturated rings. The van der Waals surface area contributed by atoms with E-state index in [9.17, 15) is 14.7 Å². The highest BCUT2D eigenvalue weighted by Crippen LogP contribution is 2.15. The summed E-state index contributed by atoms with van der Waals surface area (Å²) in [6.45, 7) is 1.14. The van der Waals surface area contributed by atoms with E-state index in [1.54, 1.807) is 12.1 Å². The third kappa shape index (κ3) is 2.43. The minimum absolute atomic E-state index is 0.0112. The van der Waals surface area contributed by atoms with E-state index in [0.29, 0.717) is 18.7 Å². The molecular formula is C12H14N2O4. The first-order valence-electron chi connectivity index (χ1n) is 5.63. The fourth-order valence-corrected chi connectivity index (χ4v) is 1.97. The van der Waals surface area contributed by atoms with Gasteiger partial charge >= 0.3 is 5.97 Å². The van der Waals surface area contributed by atoms with Crippen LogP contribution in [0.15, 0.2) is 24.3 Å². The van der Waals surface area contributed by atoms with E-state index in [1.165, 1.54) is 17.0 Å². The molecule has 1 aliphatic heterocycles. The molecule has 0 spiro atoms. The van der Waals surface area contributed by atoms with Gasteiger partial charge in [-0.1, -0.05) is 6.07 Å². The van der Waals surface area contributed by atoms with Gasteiger partial charge in [-0.15, -0.1) is 0 Å². The van der Waals surface area contributed by atoms with E-state index in [1.807, 2.05) is 0 Å². The molecule has 6 nitrogen and oxygen atoms in total. The number of carbonyl (C=O) groups excluding carboxylic acids is 1. The van der Waals surface area contributed by atoms with Gasteiger partial charge in [-0.3, -0.25) is 4.79 Å². The number of aromatic hydroxyl groups is 1. The summed E-state index contributed by atoms with van der Waals surface area (Å²) in [6, 6.07) is 5.05. The molecule has 3 N–H and O–H groups in total. The maximum absolute atomic E-state index is 12.2. The molecular weight excluding hydrogens is 236 g/mol. The standard InChI is InChI=1S/C12H14N2O4/c15-9-3-1-2-8(6-9)11(16)14-5-4-13-7-10(14)12(17)18/h1-3,6,10,13,15H,4-5,7H2,(H,17,18). The molecule has 0 aromatic heterocycles. The Kier molecular flexibility index (Phi) is 3.47. The number of phenolic OH excluding ortho intramolecular Hbond substituents is 1. The Labute approximate surface area is 104 Å². The average Bonchev–Trinajstić information content (AvgIpc) is 2.38. The highest BCUT2D eigenvalue weighted by Gasteiger charge is 2.32. The van der Waals surface area contributed by atoms with Crippen LogP contribution in [0.1, 0.15) is 10.4 Å². The second kappa shape index (κ2) is 5.05. The summed E-state index contributed by atoms with van der Waals surface area (Å²) in [5.41, 5.74) is 0.295. The molecule has 1 amide bonds. The largest absolute Gasteiger partial charge is 0.508 e. The van der Waals surface area contributed by atoms with E-state index in [4.69, 9.17) is 5.11 Å². The van der Waals surface area contributed by atoms with Crippen LogP contribution in [0.3, 0.4) is 0 Å². The van der Waals surface area contributed by atoms with E-state index in [2.05, 4.69) is 5.32 Å². The molecule has 96 valence electrons. The Balaban J connectivity index is 2.23. The van der Waals surface area contributed by atoms with Gasteiger partial charge in [0, 0.05) is 25.2 Å². The Bertz CT molecular complexity index is 475. The van der Waals surface area contributed by atoms with Gasteiger partial charge in [0.1, 0.15) is 11.8 Å². The van der Waals surface area contributed by atoms with Crippen LogP contribution in [0, 0.1) is 0 Å². The quantitative estimate of drug-likeness (QED) is 0.681. The minimum Gasteiger partial charge on any atom is -0.508 e. The van der Waals surface area contributed by atoms with E-state index >= 15 is 0 Å². The molecule has 0 bridgehead atoms. The lowest BCUT2D eigenvalue weighted by molar-refractivity contribution is -0.142. The number of aliphatic carboxylic acids is 1. The van der Waals surface area contributed by atoms with Crippen LogP contribution in [0.25, 0.3) is 0 Å². The maximum Gasteiger partial charge on any atom is 0.327 e. The van der Waals surface area contributed by atoms with Crippen molar-refractivity contribution in [1.82, 2.24) is 10.2 Å². The average molecular weight is 250 g/mol. The Hall–Kier alpha value is -2.08. The zero-order valence-corrected chi connectivity index (χ0v) is 9.67. The highest BCUT2D eigenvalue weighted by atomic mass is 16.4. The van der Waals surface area contributed by atoms with Gasteiger partial charge in [-0.25, -0.2) is 4.79 Å². The smallest absolute Gasteiger partial charge is 0.327 e. The molecule has 1 aliphatic rings. The molecule has 18 heavy (non-hydrogen) atoms.